The van der Waals surface area contributed by atoms with Crippen LogP contribution in [-0.2, 0) is 0 Å². The number of urea groups is 1. The molecule has 3 amide bonds. The molecular formula is C29H34N10O2. The van der Waals surface area contributed by atoms with Crippen LogP contribution < -0.4 is 26.2 Å². The summed E-state index contributed by atoms with van der Waals surface area (Å²) in [6.45, 7) is 2.91. The Morgan fingerprint density at radius 3 is 2.44 bits per heavy atom. The number of hydrogen-bond acceptors (Lipinski definition) is 9. The van der Waals surface area contributed by atoms with Gasteiger partial charge in [0.1, 0.15) is 11.6 Å². The van der Waals surface area contributed by atoms with E-state index in [0.717, 1.165) is 37.3 Å². The van der Waals surface area contributed by atoms with Gasteiger partial charge >= 0.3 is 6.03 Å². The maximum absolute atomic E-state index is 12.7. The molecule has 12 nitrogen and oxygen atoms in total. The number of amides is 3. The molecule has 1 aliphatic carbocycles. The molecule has 2 aliphatic rings. The highest BCUT2D eigenvalue weighted by atomic mass is 16.2. The fourth-order valence-corrected chi connectivity index (χ4v) is 5.12. The first-order chi connectivity index (χ1) is 20.0. The Labute approximate surface area is 239 Å². The number of carbonyl (C=O) groups is 2. The summed E-state index contributed by atoms with van der Waals surface area (Å²) in [5, 5.41) is 21.5. The highest BCUT2D eigenvalue weighted by molar-refractivity contribution is 5.98. The van der Waals surface area contributed by atoms with E-state index in [4.69, 9.17) is 0 Å². The summed E-state index contributed by atoms with van der Waals surface area (Å²) in [4.78, 5) is 41.9. The summed E-state index contributed by atoms with van der Waals surface area (Å²) in [5.74, 6) is 0.190. The molecule has 1 aromatic carbocycles. The van der Waals surface area contributed by atoms with E-state index in [1.807, 2.05) is 29.2 Å². The molecule has 1 saturated carbocycles. The van der Waals surface area contributed by atoms with Gasteiger partial charge in [-0.05, 0) is 49.2 Å². The maximum Gasteiger partial charge on any atom is 0.317 e. The molecule has 0 bridgehead atoms. The van der Waals surface area contributed by atoms with Crippen LogP contribution in [0.3, 0.4) is 0 Å². The van der Waals surface area contributed by atoms with Crippen LogP contribution in [0, 0.1) is 11.3 Å². The Bertz CT molecular complexity index is 1410. The quantitative estimate of drug-likeness (QED) is 0.342. The molecule has 3 heterocycles. The van der Waals surface area contributed by atoms with Crippen LogP contribution in [0.4, 0.5) is 33.6 Å². The van der Waals surface area contributed by atoms with Crippen molar-refractivity contribution in [2.45, 2.75) is 38.1 Å². The highest BCUT2D eigenvalue weighted by Gasteiger charge is 2.24. The number of nitrogens with one attached hydrogen (secondary N) is 4. The van der Waals surface area contributed by atoms with Crippen molar-refractivity contribution in [1.29, 1.82) is 5.26 Å². The van der Waals surface area contributed by atoms with Crippen LogP contribution in [-0.4, -0.2) is 71.1 Å². The third-order valence-electron chi connectivity index (χ3n) is 7.40. The summed E-state index contributed by atoms with van der Waals surface area (Å²) in [5.41, 5.74) is 2.69. The molecule has 4 N–H and O–H groups in total. The van der Waals surface area contributed by atoms with E-state index < -0.39 is 0 Å². The second-order valence-corrected chi connectivity index (χ2v) is 10.1. The third kappa shape index (κ3) is 6.81. The number of aromatic nitrogens is 3. The Balaban J connectivity index is 1.19. The second kappa shape index (κ2) is 13.0. The SMILES string of the molecule is CNC(=O)c1ncccc1Nc1nc(Nc2ccc(N3CCN(C(=O)NC4CCCCC4)CC3)cc2)ncc1C#N. The number of anilines is 5. The minimum Gasteiger partial charge on any atom is -0.368 e. The van der Waals surface area contributed by atoms with E-state index in [1.165, 1.54) is 38.7 Å². The Morgan fingerprint density at radius 1 is 0.976 bits per heavy atom. The standard InChI is InChI=1S/C29H34N10O2/c1-31-27(40)25-24(8-5-13-32-25)36-26-20(18-30)19-33-28(37-26)34-22-9-11-23(12-10-22)38-14-16-39(17-15-38)29(41)35-21-6-3-2-4-7-21/h5,8-13,19,21H,2-4,6-7,14-17H2,1H3,(H,31,40)(H,35,41)(H2,33,34,36,37). The van der Waals surface area contributed by atoms with Gasteiger partial charge < -0.3 is 31.1 Å². The van der Waals surface area contributed by atoms with Gasteiger partial charge in [0.05, 0.1) is 11.9 Å². The van der Waals surface area contributed by atoms with Gasteiger partial charge in [-0.15, -0.1) is 0 Å². The average molecular weight is 555 g/mol. The van der Waals surface area contributed by atoms with Gasteiger partial charge in [0, 0.05) is 56.8 Å². The molecule has 12 heteroatoms. The van der Waals surface area contributed by atoms with Crippen LogP contribution in [0.1, 0.15) is 48.2 Å². The number of hydrogen-bond donors (Lipinski definition) is 4. The summed E-state index contributed by atoms with van der Waals surface area (Å²) < 4.78 is 0. The van der Waals surface area contributed by atoms with Gasteiger partial charge in [-0.25, -0.2) is 14.8 Å². The lowest BCUT2D eigenvalue weighted by atomic mass is 9.96. The molecule has 5 rings (SSSR count). The third-order valence-corrected chi connectivity index (χ3v) is 7.40. The van der Waals surface area contributed by atoms with Crippen molar-refractivity contribution in [2.24, 2.45) is 0 Å². The Morgan fingerprint density at radius 2 is 1.73 bits per heavy atom. The van der Waals surface area contributed by atoms with Crippen molar-refractivity contribution in [3.05, 3.63) is 60.0 Å². The summed E-state index contributed by atoms with van der Waals surface area (Å²) in [7, 11) is 1.52. The number of pyridine rings is 1. The van der Waals surface area contributed by atoms with Crippen molar-refractivity contribution in [3.8, 4) is 6.07 Å². The first kappa shape index (κ1) is 27.6. The lowest BCUT2D eigenvalue weighted by Gasteiger charge is -2.37. The second-order valence-electron chi connectivity index (χ2n) is 10.1. The molecular weight excluding hydrogens is 520 g/mol. The largest absolute Gasteiger partial charge is 0.368 e. The zero-order valence-corrected chi connectivity index (χ0v) is 23.1. The van der Waals surface area contributed by atoms with E-state index in [2.05, 4.69) is 47.2 Å². The summed E-state index contributed by atoms with van der Waals surface area (Å²) in [6, 6.07) is 13.8. The molecule has 1 aliphatic heterocycles. The monoisotopic (exact) mass is 554 g/mol. The van der Waals surface area contributed by atoms with E-state index in [0.29, 0.717) is 30.8 Å². The molecule has 0 radical (unpaired) electrons. The van der Waals surface area contributed by atoms with Crippen molar-refractivity contribution in [3.63, 3.8) is 0 Å². The first-order valence-corrected chi connectivity index (χ1v) is 13.9. The van der Waals surface area contributed by atoms with Crippen LogP contribution >= 0.6 is 0 Å². The minimum absolute atomic E-state index is 0.0563. The minimum atomic E-state index is -0.358. The zero-order chi connectivity index (χ0) is 28.6. The molecule has 0 unspecified atom stereocenters. The lowest BCUT2D eigenvalue weighted by Crippen LogP contribution is -2.53. The van der Waals surface area contributed by atoms with Gasteiger partial charge in [-0.3, -0.25) is 4.79 Å². The first-order valence-electron chi connectivity index (χ1n) is 13.9. The summed E-state index contributed by atoms with van der Waals surface area (Å²) >= 11 is 0. The fourth-order valence-electron chi connectivity index (χ4n) is 5.12. The number of benzene rings is 1. The van der Waals surface area contributed by atoms with Crippen molar-refractivity contribution < 1.29 is 9.59 Å². The average Bonchev–Trinajstić information content (AvgIpc) is 3.02. The van der Waals surface area contributed by atoms with E-state index in [-0.39, 0.29) is 29.0 Å². The lowest BCUT2D eigenvalue weighted by molar-refractivity contribution is 0.0959. The Hall–Kier alpha value is -4.92. The van der Waals surface area contributed by atoms with Gasteiger partial charge in [0.25, 0.3) is 5.91 Å². The van der Waals surface area contributed by atoms with Crippen LogP contribution in [0.5, 0.6) is 0 Å². The number of carbonyl (C=O) groups excluding carboxylic acids is 2. The maximum atomic E-state index is 12.7. The van der Waals surface area contributed by atoms with Crippen molar-refractivity contribution in [1.82, 2.24) is 30.5 Å². The predicted octanol–water partition coefficient (Wildman–Crippen LogP) is 3.75. The van der Waals surface area contributed by atoms with E-state index >= 15 is 0 Å². The highest BCUT2D eigenvalue weighted by Crippen LogP contribution is 2.25. The van der Waals surface area contributed by atoms with Crippen LogP contribution in [0.15, 0.2) is 48.8 Å². The molecule has 2 aromatic heterocycles. The molecule has 1 saturated heterocycles. The van der Waals surface area contributed by atoms with Crippen molar-refractivity contribution in [2.75, 3.05) is 48.8 Å². The molecule has 41 heavy (non-hydrogen) atoms. The van der Waals surface area contributed by atoms with Crippen LogP contribution in [0.25, 0.3) is 0 Å². The van der Waals surface area contributed by atoms with Gasteiger partial charge in [0.15, 0.2) is 11.5 Å². The predicted molar refractivity (Wildman–Crippen MR) is 157 cm³/mol. The number of rotatable bonds is 7. The molecule has 212 valence electrons. The van der Waals surface area contributed by atoms with Gasteiger partial charge in [-0.2, -0.15) is 10.2 Å². The number of nitrogens with zero attached hydrogens (tertiary/aromatic N) is 6. The Kier molecular flexibility index (Phi) is 8.73. The number of piperazine rings is 1. The topological polar surface area (TPSA) is 151 Å². The molecule has 0 atom stereocenters. The van der Waals surface area contributed by atoms with Crippen molar-refractivity contribution >= 4 is 40.8 Å². The van der Waals surface area contributed by atoms with E-state index in [1.54, 1.807) is 12.1 Å². The zero-order valence-electron chi connectivity index (χ0n) is 23.1. The van der Waals surface area contributed by atoms with Gasteiger partial charge in [0.2, 0.25) is 5.95 Å². The van der Waals surface area contributed by atoms with Gasteiger partial charge in [-0.1, -0.05) is 19.3 Å². The molecule has 3 aromatic rings. The molecule has 2 fully saturated rings. The smallest absolute Gasteiger partial charge is 0.317 e. The summed E-state index contributed by atoms with van der Waals surface area (Å²) in [6.07, 6.45) is 8.78. The van der Waals surface area contributed by atoms with E-state index in [9.17, 15) is 14.9 Å². The normalized spacial score (nSPS) is 15.5. The number of nitriles is 1. The van der Waals surface area contributed by atoms with Crippen LogP contribution in [0.2, 0.25) is 0 Å². The fraction of sp³-hybridized carbons (Fsp3) is 0.379. The molecule has 0 spiro atoms.